The van der Waals surface area contributed by atoms with Crippen LogP contribution in [0.15, 0.2) is 12.3 Å². The highest BCUT2D eigenvalue weighted by molar-refractivity contribution is 5.83. The van der Waals surface area contributed by atoms with Gasteiger partial charge in [-0.2, -0.15) is 4.98 Å². The topological polar surface area (TPSA) is 71.0 Å². The lowest BCUT2D eigenvalue weighted by Crippen LogP contribution is -2.60. The number of anilines is 1. The molecule has 3 fully saturated rings. The molecule has 0 bridgehead atoms. The summed E-state index contributed by atoms with van der Waals surface area (Å²) in [7, 11) is 1.61. The minimum absolute atomic E-state index is 0.0231. The van der Waals surface area contributed by atoms with E-state index in [2.05, 4.69) is 24.7 Å². The number of piperazine rings is 1. The van der Waals surface area contributed by atoms with Crippen LogP contribution in [-0.2, 0) is 9.53 Å². The van der Waals surface area contributed by atoms with Crippen molar-refractivity contribution in [1.29, 1.82) is 0 Å². The third-order valence-corrected chi connectivity index (χ3v) is 5.94. The molecule has 3 aliphatic heterocycles. The Labute approximate surface area is 160 Å². The number of likely N-dealkylation sites (tertiary alicyclic amines) is 1. The Hall–Kier alpha value is -1.93. The summed E-state index contributed by atoms with van der Waals surface area (Å²) in [4.78, 5) is 28.6. The Bertz CT molecular complexity index is 644. The van der Waals surface area contributed by atoms with E-state index >= 15 is 0 Å². The molecule has 0 saturated carbocycles. The number of aromatic nitrogens is 2. The van der Waals surface area contributed by atoms with Gasteiger partial charge in [0.2, 0.25) is 17.7 Å². The maximum atomic E-state index is 13.1. The predicted molar refractivity (Wildman–Crippen MR) is 101 cm³/mol. The summed E-state index contributed by atoms with van der Waals surface area (Å²) in [6.07, 6.45) is 5.73. The summed E-state index contributed by atoms with van der Waals surface area (Å²) in [6, 6.07) is 2.14. The lowest BCUT2D eigenvalue weighted by atomic mass is 9.97. The fourth-order valence-electron chi connectivity index (χ4n) is 4.41. The summed E-state index contributed by atoms with van der Waals surface area (Å²) >= 11 is 0. The smallest absolute Gasteiger partial charge is 0.240 e. The zero-order chi connectivity index (χ0) is 18.6. The van der Waals surface area contributed by atoms with Gasteiger partial charge in [0.1, 0.15) is 0 Å². The minimum Gasteiger partial charge on any atom is -0.481 e. The van der Waals surface area contributed by atoms with Gasteiger partial charge in [0.25, 0.3) is 0 Å². The molecule has 148 valence electrons. The van der Waals surface area contributed by atoms with Gasteiger partial charge in [-0.05, 0) is 25.7 Å². The summed E-state index contributed by atoms with van der Waals surface area (Å²) in [6.45, 7) is 5.83. The van der Waals surface area contributed by atoms with Crippen LogP contribution in [0.5, 0.6) is 5.88 Å². The molecule has 0 radical (unpaired) electrons. The number of ether oxygens (including phenoxy) is 2. The highest BCUT2D eigenvalue weighted by atomic mass is 16.5. The van der Waals surface area contributed by atoms with Crippen LogP contribution in [-0.4, -0.2) is 90.8 Å². The lowest BCUT2D eigenvalue weighted by Gasteiger charge is -2.45. The van der Waals surface area contributed by atoms with E-state index in [0.717, 1.165) is 71.6 Å². The van der Waals surface area contributed by atoms with Gasteiger partial charge < -0.3 is 19.3 Å². The molecule has 4 rings (SSSR count). The standard InChI is InChI=1S/C19H29N5O3/c1-26-17-4-7-20-19(21-17)23-11-9-22(10-12-23)16-3-2-8-24(18(16)25)15-5-13-27-14-6-15/h4,7,15-16H,2-3,5-6,8-14H2,1H3/t16-/m1/s1. The van der Waals surface area contributed by atoms with E-state index in [1.807, 2.05) is 0 Å². The Kier molecular flexibility index (Phi) is 5.73. The molecule has 8 nitrogen and oxygen atoms in total. The number of rotatable bonds is 4. The van der Waals surface area contributed by atoms with Gasteiger partial charge in [0, 0.05) is 64.2 Å². The first kappa shape index (κ1) is 18.4. The molecule has 0 unspecified atom stereocenters. The fourth-order valence-corrected chi connectivity index (χ4v) is 4.41. The Balaban J connectivity index is 1.36. The van der Waals surface area contributed by atoms with Crippen molar-refractivity contribution >= 4 is 11.9 Å². The van der Waals surface area contributed by atoms with Crippen LogP contribution in [0.4, 0.5) is 5.95 Å². The molecule has 3 saturated heterocycles. The van der Waals surface area contributed by atoms with Crippen molar-refractivity contribution in [3.8, 4) is 5.88 Å². The monoisotopic (exact) mass is 375 g/mol. The highest BCUT2D eigenvalue weighted by Crippen LogP contribution is 2.25. The Morgan fingerprint density at radius 2 is 1.89 bits per heavy atom. The van der Waals surface area contributed by atoms with Crippen molar-refractivity contribution in [2.45, 2.75) is 37.8 Å². The van der Waals surface area contributed by atoms with Gasteiger partial charge in [-0.3, -0.25) is 9.69 Å². The largest absolute Gasteiger partial charge is 0.481 e. The molecule has 4 heterocycles. The van der Waals surface area contributed by atoms with Gasteiger partial charge in [-0.25, -0.2) is 4.98 Å². The molecule has 1 aromatic heterocycles. The van der Waals surface area contributed by atoms with Crippen LogP contribution in [0, 0.1) is 0 Å². The van der Waals surface area contributed by atoms with Gasteiger partial charge in [0.15, 0.2) is 0 Å². The van der Waals surface area contributed by atoms with Crippen molar-refractivity contribution in [3.63, 3.8) is 0 Å². The molecular weight excluding hydrogens is 346 g/mol. The molecule has 3 aliphatic rings. The van der Waals surface area contributed by atoms with E-state index in [4.69, 9.17) is 9.47 Å². The first-order valence-electron chi connectivity index (χ1n) is 10.0. The molecule has 1 atom stereocenters. The average molecular weight is 375 g/mol. The lowest BCUT2D eigenvalue weighted by molar-refractivity contribution is -0.145. The van der Waals surface area contributed by atoms with Crippen LogP contribution in [0.3, 0.4) is 0 Å². The number of carbonyl (C=O) groups is 1. The van der Waals surface area contributed by atoms with Crippen LogP contribution < -0.4 is 9.64 Å². The molecular formula is C19H29N5O3. The normalized spacial score (nSPS) is 25.7. The van der Waals surface area contributed by atoms with Crippen molar-refractivity contribution in [2.24, 2.45) is 0 Å². The maximum Gasteiger partial charge on any atom is 0.240 e. The Morgan fingerprint density at radius 1 is 1.11 bits per heavy atom. The number of nitrogens with zero attached hydrogens (tertiary/aromatic N) is 5. The quantitative estimate of drug-likeness (QED) is 0.770. The van der Waals surface area contributed by atoms with E-state index in [1.165, 1.54) is 0 Å². The van der Waals surface area contributed by atoms with Crippen LogP contribution >= 0.6 is 0 Å². The number of methoxy groups -OCH3 is 1. The summed E-state index contributed by atoms with van der Waals surface area (Å²) in [5, 5.41) is 0. The molecule has 0 N–H and O–H groups in total. The van der Waals surface area contributed by atoms with E-state index in [9.17, 15) is 4.79 Å². The summed E-state index contributed by atoms with van der Waals surface area (Å²) < 4.78 is 10.7. The molecule has 8 heteroatoms. The van der Waals surface area contributed by atoms with E-state index in [1.54, 1.807) is 19.4 Å². The average Bonchev–Trinajstić information content (AvgIpc) is 2.75. The number of hydrogen-bond donors (Lipinski definition) is 0. The molecule has 1 aromatic rings. The molecule has 27 heavy (non-hydrogen) atoms. The summed E-state index contributed by atoms with van der Waals surface area (Å²) in [5.41, 5.74) is 0. The minimum atomic E-state index is 0.0231. The van der Waals surface area contributed by atoms with Crippen molar-refractivity contribution < 1.29 is 14.3 Å². The van der Waals surface area contributed by atoms with E-state index < -0.39 is 0 Å². The van der Waals surface area contributed by atoms with Crippen molar-refractivity contribution in [1.82, 2.24) is 19.8 Å². The van der Waals surface area contributed by atoms with Crippen LogP contribution in [0.25, 0.3) is 0 Å². The van der Waals surface area contributed by atoms with Crippen molar-refractivity contribution in [2.75, 3.05) is 57.9 Å². The second-order valence-electron chi connectivity index (χ2n) is 7.46. The zero-order valence-corrected chi connectivity index (χ0v) is 16.0. The third kappa shape index (κ3) is 4.01. The maximum absolute atomic E-state index is 13.1. The van der Waals surface area contributed by atoms with Gasteiger partial charge in [-0.1, -0.05) is 0 Å². The second kappa shape index (κ2) is 8.39. The number of amides is 1. The molecule has 0 spiro atoms. The SMILES string of the molecule is COc1ccnc(N2CCN([C@@H]3CCCN(C4CCOCC4)C3=O)CC2)n1. The Morgan fingerprint density at radius 3 is 2.63 bits per heavy atom. The highest BCUT2D eigenvalue weighted by Gasteiger charge is 2.38. The fraction of sp³-hybridized carbons (Fsp3) is 0.737. The van der Waals surface area contributed by atoms with Gasteiger partial charge >= 0.3 is 0 Å². The van der Waals surface area contributed by atoms with E-state index in [0.29, 0.717) is 23.8 Å². The molecule has 0 aliphatic carbocycles. The first-order valence-corrected chi connectivity index (χ1v) is 10.0. The predicted octanol–water partition coefficient (Wildman–Crippen LogP) is 0.777. The summed E-state index contributed by atoms with van der Waals surface area (Å²) in [5.74, 6) is 1.60. The number of hydrogen-bond acceptors (Lipinski definition) is 7. The van der Waals surface area contributed by atoms with E-state index in [-0.39, 0.29) is 6.04 Å². The third-order valence-electron chi connectivity index (χ3n) is 5.94. The molecule has 0 aromatic carbocycles. The van der Waals surface area contributed by atoms with Gasteiger partial charge in [-0.15, -0.1) is 0 Å². The first-order chi connectivity index (χ1) is 13.3. The number of carbonyl (C=O) groups excluding carboxylic acids is 1. The second-order valence-corrected chi connectivity index (χ2v) is 7.46. The van der Waals surface area contributed by atoms with Crippen LogP contribution in [0.1, 0.15) is 25.7 Å². The van der Waals surface area contributed by atoms with Crippen LogP contribution in [0.2, 0.25) is 0 Å². The number of piperidine rings is 1. The molecule has 1 amide bonds. The van der Waals surface area contributed by atoms with Gasteiger partial charge in [0.05, 0.1) is 13.2 Å². The zero-order valence-electron chi connectivity index (χ0n) is 16.0. The van der Waals surface area contributed by atoms with Crippen molar-refractivity contribution in [3.05, 3.63) is 12.3 Å².